The maximum Gasteiger partial charge on any atom is 0.261 e. The number of para-hydroxylation sites is 1. The van der Waals surface area contributed by atoms with Crippen LogP contribution in [0.5, 0.6) is 0 Å². The zero-order chi connectivity index (χ0) is 17.3. The Balaban J connectivity index is 2.11. The number of fused-ring (bicyclic) bond motifs is 1. The fourth-order valence-corrected chi connectivity index (χ4v) is 2.90. The molecule has 1 amide bonds. The lowest BCUT2D eigenvalue weighted by molar-refractivity contribution is 0.102. The molecule has 0 saturated heterocycles. The van der Waals surface area contributed by atoms with E-state index in [0.29, 0.717) is 23.3 Å². The van der Waals surface area contributed by atoms with Crippen molar-refractivity contribution in [3.8, 4) is 0 Å². The van der Waals surface area contributed by atoms with Gasteiger partial charge in [-0.25, -0.2) is 4.98 Å². The van der Waals surface area contributed by atoms with Gasteiger partial charge < -0.3 is 9.88 Å². The highest BCUT2D eigenvalue weighted by molar-refractivity contribution is 9.10. The van der Waals surface area contributed by atoms with Gasteiger partial charge in [0, 0.05) is 22.9 Å². The number of pyridine rings is 2. The predicted octanol–water partition coefficient (Wildman–Crippen LogP) is 3.74. The summed E-state index contributed by atoms with van der Waals surface area (Å²) in [6.45, 7) is 4.43. The number of aromatic nitrogens is 2. The van der Waals surface area contributed by atoms with Crippen molar-refractivity contribution in [2.75, 3.05) is 5.32 Å². The van der Waals surface area contributed by atoms with Gasteiger partial charge in [0.1, 0.15) is 11.2 Å². The molecule has 2 aromatic heterocycles. The summed E-state index contributed by atoms with van der Waals surface area (Å²) in [7, 11) is 0. The molecule has 0 aliphatic rings. The number of nitrogens with one attached hydrogen (secondary N) is 1. The highest BCUT2D eigenvalue weighted by atomic mass is 79.9. The predicted molar refractivity (Wildman–Crippen MR) is 98.5 cm³/mol. The normalized spacial score (nSPS) is 10.8. The van der Waals surface area contributed by atoms with Crippen molar-refractivity contribution >= 4 is 38.6 Å². The Bertz CT molecular complexity index is 995. The molecule has 24 heavy (non-hydrogen) atoms. The quantitative estimate of drug-likeness (QED) is 0.746. The molecule has 0 bridgehead atoms. The second-order valence-corrected chi connectivity index (χ2v) is 6.27. The van der Waals surface area contributed by atoms with E-state index in [2.05, 4.69) is 26.2 Å². The minimum absolute atomic E-state index is 0.103. The lowest BCUT2D eigenvalue weighted by Crippen LogP contribution is -2.24. The van der Waals surface area contributed by atoms with Gasteiger partial charge in [0.15, 0.2) is 0 Å². The molecule has 0 fully saturated rings. The van der Waals surface area contributed by atoms with Crippen molar-refractivity contribution in [1.82, 2.24) is 9.55 Å². The molecule has 0 saturated carbocycles. The number of halogens is 1. The Kier molecular flexibility index (Phi) is 4.49. The second kappa shape index (κ2) is 6.57. The van der Waals surface area contributed by atoms with Gasteiger partial charge in [-0.15, -0.1) is 0 Å². The first kappa shape index (κ1) is 16.4. The molecule has 2 heterocycles. The van der Waals surface area contributed by atoms with Gasteiger partial charge in [-0.05, 0) is 54.0 Å². The first-order valence-corrected chi connectivity index (χ1v) is 8.37. The second-order valence-electron chi connectivity index (χ2n) is 5.42. The van der Waals surface area contributed by atoms with Crippen LogP contribution in [0.2, 0.25) is 0 Å². The van der Waals surface area contributed by atoms with E-state index < -0.39 is 5.91 Å². The van der Waals surface area contributed by atoms with Gasteiger partial charge in [0.2, 0.25) is 5.43 Å². The summed E-state index contributed by atoms with van der Waals surface area (Å²) in [4.78, 5) is 29.7. The molecular formula is C18H16BrN3O2. The van der Waals surface area contributed by atoms with E-state index >= 15 is 0 Å². The number of carbonyl (C=O) groups excluding carboxylic acids is 1. The minimum Gasteiger partial charge on any atom is -0.332 e. The van der Waals surface area contributed by atoms with Gasteiger partial charge >= 0.3 is 0 Å². The number of hydrogen-bond donors (Lipinski definition) is 1. The monoisotopic (exact) mass is 385 g/mol. The molecule has 5 nitrogen and oxygen atoms in total. The van der Waals surface area contributed by atoms with Crippen LogP contribution in [0.3, 0.4) is 0 Å². The fraction of sp³-hybridized carbons (Fsp3) is 0.167. The standard InChI is InChI=1S/C18H16BrN3O2/c1-3-22-10-13(16(23)12-9-8-11(2)20-17(12)22)18(24)21-15-7-5-4-6-14(15)19/h4-10H,3H2,1-2H3,(H,21,24). The number of amides is 1. The van der Waals surface area contributed by atoms with Crippen LogP contribution in [-0.2, 0) is 6.54 Å². The van der Waals surface area contributed by atoms with E-state index in [0.717, 1.165) is 10.2 Å². The average molecular weight is 386 g/mol. The van der Waals surface area contributed by atoms with Gasteiger partial charge in [0.25, 0.3) is 5.91 Å². The molecule has 0 aliphatic heterocycles. The summed E-state index contributed by atoms with van der Waals surface area (Å²) in [6.07, 6.45) is 1.57. The van der Waals surface area contributed by atoms with Gasteiger partial charge in [-0.2, -0.15) is 0 Å². The van der Waals surface area contributed by atoms with E-state index in [9.17, 15) is 9.59 Å². The molecule has 3 aromatic rings. The number of carbonyl (C=O) groups is 1. The maximum absolute atomic E-state index is 12.7. The summed E-state index contributed by atoms with van der Waals surface area (Å²) >= 11 is 3.38. The zero-order valence-corrected chi connectivity index (χ0v) is 14.9. The molecule has 0 aliphatic carbocycles. The maximum atomic E-state index is 12.7. The molecule has 0 spiro atoms. The summed E-state index contributed by atoms with van der Waals surface area (Å²) < 4.78 is 2.57. The molecule has 0 unspecified atom stereocenters. The SMILES string of the molecule is CCn1cc(C(=O)Nc2ccccc2Br)c(=O)c2ccc(C)nc21. The summed E-state index contributed by atoms with van der Waals surface area (Å²) in [5.74, 6) is -0.434. The van der Waals surface area contributed by atoms with Crippen molar-refractivity contribution in [3.63, 3.8) is 0 Å². The van der Waals surface area contributed by atoms with E-state index in [1.165, 1.54) is 0 Å². The van der Waals surface area contributed by atoms with Crippen LogP contribution in [0.15, 0.2) is 51.9 Å². The summed E-state index contributed by atoms with van der Waals surface area (Å²) in [6, 6.07) is 10.8. The van der Waals surface area contributed by atoms with Crippen molar-refractivity contribution in [1.29, 1.82) is 0 Å². The summed E-state index contributed by atoms with van der Waals surface area (Å²) in [5.41, 5.74) is 1.83. The topological polar surface area (TPSA) is 64.0 Å². The van der Waals surface area contributed by atoms with Crippen LogP contribution in [0.4, 0.5) is 5.69 Å². The Hall–Kier alpha value is -2.47. The van der Waals surface area contributed by atoms with Crippen molar-refractivity contribution in [2.45, 2.75) is 20.4 Å². The molecule has 0 atom stereocenters. The molecular weight excluding hydrogens is 370 g/mol. The van der Waals surface area contributed by atoms with Crippen LogP contribution in [0.1, 0.15) is 23.0 Å². The average Bonchev–Trinajstić information content (AvgIpc) is 2.57. The van der Waals surface area contributed by atoms with Crippen LogP contribution in [0.25, 0.3) is 11.0 Å². The largest absolute Gasteiger partial charge is 0.332 e. The molecule has 1 N–H and O–H groups in total. The molecule has 0 radical (unpaired) electrons. The lowest BCUT2D eigenvalue weighted by atomic mass is 10.1. The smallest absolute Gasteiger partial charge is 0.261 e. The first-order valence-electron chi connectivity index (χ1n) is 7.58. The van der Waals surface area contributed by atoms with E-state index in [4.69, 9.17) is 0 Å². The highest BCUT2D eigenvalue weighted by Crippen LogP contribution is 2.22. The number of rotatable bonds is 3. The molecule has 6 heteroatoms. The van der Waals surface area contributed by atoms with Crippen LogP contribution < -0.4 is 10.7 Å². The third-order valence-electron chi connectivity index (χ3n) is 3.77. The highest BCUT2D eigenvalue weighted by Gasteiger charge is 2.16. The van der Waals surface area contributed by atoms with Crippen LogP contribution in [-0.4, -0.2) is 15.5 Å². The van der Waals surface area contributed by atoms with E-state index in [1.54, 1.807) is 24.4 Å². The minimum atomic E-state index is -0.434. The van der Waals surface area contributed by atoms with Gasteiger partial charge in [-0.3, -0.25) is 9.59 Å². The van der Waals surface area contributed by atoms with Crippen molar-refractivity contribution in [2.24, 2.45) is 0 Å². The number of benzene rings is 1. The zero-order valence-electron chi connectivity index (χ0n) is 13.3. The van der Waals surface area contributed by atoms with Crippen LogP contribution in [0, 0.1) is 6.92 Å². The lowest BCUT2D eigenvalue weighted by Gasteiger charge is -2.12. The van der Waals surface area contributed by atoms with E-state index in [-0.39, 0.29) is 11.0 Å². The van der Waals surface area contributed by atoms with Crippen molar-refractivity contribution in [3.05, 3.63) is 68.5 Å². The number of hydrogen-bond acceptors (Lipinski definition) is 3. The third-order valence-corrected chi connectivity index (χ3v) is 4.46. The Morgan fingerprint density at radius 3 is 2.71 bits per heavy atom. The molecule has 1 aromatic carbocycles. The van der Waals surface area contributed by atoms with Crippen molar-refractivity contribution < 1.29 is 4.79 Å². The molecule has 3 rings (SSSR count). The number of nitrogens with zero attached hydrogens (tertiary/aromatic N) is 2. The van der Waals surface area contributed by atoms with Gasteiger partial charge in [0.05, 0.1) is 11.1 Å². The van der Waals surface area contributed by atoms with E-state index in [1.807, 2.05) is 36.6 Å². The fourth-order valence-electron chi connectivity index (χ4n) is 2.51. The molecule has 122 valence electrons. The van der Waals surface area contributed by atoms with Gasteiger partial charge in [-0.1, -0.05) is 12.1 Å². The number of aryl methyl sites for hydroxylation is 2. The first-order chi connectivity index (χ1) is 11.5. The third kappa shape index (κ3) is 2.97. The summed E-state index contributed by atoms with van der Waals surface area (Å²) in [5, 5.41) is 3.22. The number of anilines is 1. The van der Waals surface area contributed by atoms with Crippen LogP contribution >= 0.6 is 15.9 Å². The Morgan fingerprint density at radius 2 is 2.00 bits per heavy atom. The Labute approximate surface area is 147 Å². The Morgan fingerprint density at radius 1 is 1.25 bits per heavy atom.